The van der Waals surface area contributed by atoms with Gasteiger partial charge in [0.1, 0.15) is 11.4 Å². The topological polar surface area (TPSA) is 81.9 Å². The van der Waals surface area contributed by atoms with E-state index in [9.17, 15) is 9.59 Å². The first-order chi connectivity index (χ1) is 12.6. The number of amides is 1. The molecule has 2 aromatic carbocycles. The summed E-state index contributed by atoms with van der Waals surface area (Å²) in [5.74, 6) is 0.231. The van der Waals surface area contributed by atoms with Gasteiger partial charge in [0.2, 0.25) is 0 Å². The number of para-hydroxylation sites is 1. The van der Waals surface area contributed by atoms with E-state index in [0.29, 0.717) is 22.4 Å². The van der Waals surface area contributed by atoms with Crippen molar-refractivity contribution in [2.75, 3.05) is 12.8 Å². The lowest BCUT2D eigenvalue weighted by Crippen LogP contribution is -2.31. The number of carbonyl (C=O) groups excluding carboxylic acids is 2. The van der Waals surface area contributed by atoms with E-state index in [1.165, 1.54) is 7.11 Å². The van der Waals surface area contributed by atoms with Gasteiger partial charge in [-0.15, -0.1) is 0 Å². The Balaban J connectivity index is 2.18. The summed E-state index contributed by atoms with van der Waals surface area (Å²) in [4.78, 5) is 24.7. The van der Waals surface area contributed by atoms with Crippen molar-refractivity contribution in [2.24, 2.45) is 0 Å². The average Bonchev–Trinajstić information content (AvgIpc) is 2.59. The molecule has 0 aliphatic carbocycles. The molecule has 0 radical (unpaired) electrons. The molecule has 2 N–H and O–H groups in total. The maximum Gasteiger partial charge on any atom is 0.425 e. The summed E-state index contributed by atoms with van der Waals surface area (Å²) in [6, 6.07) is 11.8. The van der Waals surface area contributed by atoms with Crippen molar-refractivity contribution >= 4 is 29.3 Å². The molecule has 0 aromatic heterocycles. The third kappa shape index (κ3) is 5.37. The van der Waals surface area contributed by atoms with Gasteiger partial charge in [-0.2, -0.15) is 0 Å². The summed E-state index contributed by atoms with van der Waals surface area (Å²) in [6.45, 7) is 5.35. The number of carbonyl (C=O) groups is 2. The van der Waals surface area contributed by atoms with Crippen LogP contribution < -0.4 is 10.5 Å². The van der Waals surface area contributed by atoms with Crippen molar-refractivity contribution in [1.29, 1.82) is 0 Å². The molecule has 0 saturated heterocycles. The van der Waals surface area contributed by atoms with E-state index < -0.39 is 11.7 Å². The van der Waals surface area contributed by atoms with Crippen LogP contribution in [0.1, 0.15) is 42.3 Å². The van der Waals surface area contributed by atoms with E-state index in [1.54, 1.807) is 63.2 Å². The summed E-state index contributed by atoms with van der Waals surface area (Å²) >= 11 is 6.00. The SMILES string of the molecule is COc1ccccc1C(=O)c1ccc(CN(Cl)C(=O)OC(C)(C)C)cc1N. The van der Waals surface area contributed by atoms with Crippen LogP contribution in [0.4, 0.5) is 10.5 Å². The van der Waals surface area contributed by atoms with Crippen molar-refractivity contribution in [3.8, 4) is 5.75 Å². The molecule has 0 spiro atoms. The summed E-state index contributed by atoms with van der Waals surface area (Å²) in [6.07, 6.45) is -0.656. The Hall–Kier alpha value is -2.73. The van der Waals surface area contributed by atoms with Crippen molar-refractivity contribution in [1.82, 2.24) is 4.42 Å². The van der Waals surface area contributed by atoms with Crippen molar-refractivity contribution in [3.63, 3.8) is 0 Å². The maximum absolute atomic E-state index is 12.8. The van der Waals surface area contributed by atoms with Gasteiger partial charge < -0.3 is 15.2 Å². The van der Waals surface area contributed by atoms with E-state index in [1.807, 2.05) is 0 Å². The minimum absolute atomic E-state index is 0.0871. The molecule has 2 rings (SSSR count). The number of ketones is 1. The maximum atomic E-state index is 12.8. The highest BCUT2D eigenvalue weighted by Crippen LogP contribution is 2.25. The van der Waals surface area contributed by atoms with Crippen LogP contribution in [0.15, 0.2) is 42.5 Å². The third-order valence-corrected chi connectivity index (χ3v) is 3.88. The summed E-state index contributed by atoms with van der Waals surface area (Å²) in [5, 5.41) is 0. The zero-order valence-corrected chi connectivity index (χ0v) is 16.5. The first-order valence-corrected chi connectivity index (χ1v) is 8.68. The predicted molar refractivity (Wildman–Crippen MR) is 105 cm³/mol. The van der Waals surface area contributed by atoms with Gasteiger partial charge in [-0.25, -0.2) is 9.21 Å². The van der Waals surface area contributed by atoms with Crippen LogP contribution in [0.25, 0.3) is 0 Å². The number of hydrogen-bond donors (Lipinski definition) is 1. The lowest BCUT2D eigenvalue weighted by Gasteiger charge is -2.23. The van der Waals surface area contributed by atoms with Crippen LogP contribution in [0.2, 0.25) is 0 Å². The van der Waals surface area contributed by atoms with E-state index in [4.69, 9.17) is 27.0 Å². The van der Waals surface area contributed by atoms with Gasteiger partial charge in [-0.05, 0) is 50.6 Å². The molecule has 144 valence electrons. The van der Waals surface area contributed by atoms with E-state index >= 15 is 0 Å². The largest absolute Gasteiger partial charge is 0.496 e. The monoisotopic (exact) mass is 390 g/mol. The van der Waals surface area contributed by atoms with Gasteiger partial charge in [0.25, 0.3) is 0 Å². The van der Waals surface area contributed by atoms with Gasteiger partial charge in [0.15, 0.2) is 5.78 Å². The smallest absolute Gasteiger partial charge is 0.425 e. The van der Waals surface area contributed by atoms with Crippen LogP contribution in [0.3, 0.4) is 0 Å². The molecule has 1 amide bonds. The van der Waals surface area contributed by atoms with Gasteiger partial charge in [0, 0.05) is 23.0 Å². The van der Waals surface area contributed by atoms with Gasteiger partial charge in [0.05, 0.1) is 19.2 Å². The molecule has 0 saturated carbocycles. The fourth-order valence-corrected chi connectivity index (χ4v) is 2.60. The number of ether oxygens (including phenoxy) is 2. The number of hydrogen-bond acceptors (Lipinski definition) is 5. The molecule has 0 aliphatic rings. The average molecular weight is 391 g/mol. The number of halogens is 1. The Morgan fingerprint density at radius 3 is 2.37 bits per heavy atom. The Morgan fingerprint density at radius 2 is 1.78 bits per heavy atom. The van der Waals surface area contributed by atoms with Crippen molar-refractivity contribution in [2.45, 2.75) is 32.9 Å². The number of nitrogen functional groups attached to an aromatic ring is 1. The van der Waals surface area contributed by atoms with Gasteiger partial charge >= 0.3 is 6.09 Å². The third-order valence-electron chi connectivity index (χ3n) is 3.63. The second kappa shape index (κ2) is 8.31. The normalized spacial score (nSPS) is 11.0. The van der Waals surface area contributed by atoms with E-state index in [-0.39, 0.29) is 18.0 Å². The Morgan fingerprint density at radius 1 is 1.11 bits per heavy atom. The van der Waals surface area contributed by atoms with Crippen LogP contribution in [-0.2, 0) is 11.3 Å². The molecule has 27 heavy (non-hydrogen) atoms. The minimum Gasteiger partial charge on any atom is -0.496 e. The number of nitrogens with zero attached hydrogens (tertiary/aromatic N) is 1. The van der Waals surface area contributed by atoms with Gasteiger partial charge in [-0.3, -0.25) is 4.79 Å². The Bertz CT molecular complexity index is 846. The number of rotatable bonds is 5. The predicted octanol–water partition coefficient (Wildman–Crippen LogP) is 4.40. The molecule has 2 aromatic rings. The molecule has 0 unspecified atom stereocenters. The van der Waals surface area contributed by atoms with Crippen LogP contribution in [0.5, 0.6) is 5.75 Å². The number of benzene rings is 2. The fraction of sp³-hybridized carbons (Fsp3) is 0.300. The molecule has 0 fully saturated rings. The second-order valence-corrected chi connectivity index (χ2v) is 7.36. The van der Waals surface area contributed by atoms with Crippen LogP contribution in [0, 0.1) is 0 Å². The lowest BCUT2D eigenvalue weighted by molar-refractivity contribution is 0.0383. The highest BCUT2D eigenvalue weighted by molar-refractivity contribution is 6.20. The first-order valence-electron chi connectivity index (χ1n) is 8.35. The number of anilines is 1. The van der Waals surface area contributed by atoms with E-state index in [0.717, 1.165) is 4.42 Å². The highest BCUT2D eigenvalue weighted by atomic mass is 35.5. The second-order valence-electron chi connectivity index (χ2n) is 6.95. The zero-order chi connectivity index (χ0) is 20.2. The standard InChI is InChI=1S/C20H23ClN2O4/c1-20(2,3)27-19(25)23(21)12-13-9-10-14(16(22)11-13)18(24)15-7-5-6-8-17(15)26-4/h5-11H,12,22H2,1-4H3. The van der Waals surface area contributed by atoms with E-state index in [2.05, 4.69) is 0 Å². The lowest BCUT2D eigenvalue weighted by atomic mass is 9.99. The molecule has 0 heterocycles. The molecular formula is C20H23ClN2O4. The van der Waals surface area contributed by atoms with Gasteiger partial charge in [-0.1, -0.05) is 18.2 Å². The van der Waals surface area contributed by atoms with Crippen molar-refractivity contribution in [3.05, 3.63) is 59.2 Å². The molecule has 0 bridgehead atoms. The van der Waals surface area contributed by atoms with Crippen molar-refractivity contribution < 1.29 is 19.1 Å². The quantitative estimate of drug-likeness (QED) is 0.465. The van der Waals surface area contributed by atoms with Crippen LogP contribution >= 0.6 is 11.8 Å². The molecular weight excluding hydrogens is 368 g/mol. The summed E-state index contributed by atoms with van der Waals surface area (Å²) < 4.78 is 11.4. The summed E-state index contributed by atoms with van der Waals surface area (Å²) in [7, 11) is 1.50. The molecule has 6 nitrogen and oxygen atoms in total. The Labute approximate surface area is 163 Å². The molecule has 0 atom stereocenters. The first kappa shape index (κ1) is 20.6. The number of methoxy groups -OCH3 is 1. The zero-order valence-electron chi connectivity index (χ0n) is 15.8. The highest BCUT2D eigenvalue weighted by Gasteiger charge is 2.22. The molecule has 0 aliphatic heterocycles. The molecule has 7 heteroatoms. The number of nitrogens with two attached hydrogens (primary N) is 1. The Kier molecular flexibility index (Phi) is 6.33. The van der Waals surface area contributed by atoms with Crippen LogP contribution in [-0.4, -0.2) is 29.0 Å². The fourth-order valence-electron chi connectivity index (χ4n) is 2.43. The summed E-state index contributed by atoms with van der Waals surface area (Å²) in [5.41, 5.74) is 7.15. The minimum atomic E-state index is -0.656.